The summed E-state index contributed by atoms with van der Waals surface area (Å²) >= 11 is 0. The number of nitrogens with zero attached hydrogens (tertiary/aromatic N) is 1. The first-order valence-electron chi connectivity index (χ1n) is 9.87. The number of rotatable bonds is 8. The van der Waals surface area contributed by atoms with Gasteiger partial charge in [-0.3, -0.25) is 15.0 Å². The fourth-order valence-corrected chi connectivity index (χ4v) is 3.34. The number of hydrogen-bond donors (Lipinski definition) is 3. The fraction of sp³-hybridized carbons (Fsp3) is 0.364. The van der Waals surface area contributed by atoms with Crippen molar-refractivity contribution in [3.8, 4) is 5.75 Å². The van der Waals surface area contributed by atoms with Crippen molar-refractivity contribution in [2.24, 2.45) is 0 Å². The van der Waals surface area contributed by atoms with Crippen LogP contribution in [0.1, 0.15) is 67.5 Å². The number of benzene rings is 2. The Hall–Kier alpha value is -3.02. The monoisotopic (exact) mass is 381 g/mol. The molecule has 1 aliphatic rings. The van der Waals surface area contributed by atoms with Crippen LogP contribution in [-0.2, 0) is 4.79 Å². The number of unbranched alkanes of at least 4 members (excludes halogenated alkanes) is 4. The average Bonchev–Trinajstić information content (AvgIpc) is 2.70. The molecule has 0 saturated carbocycles. The largest absolute Gasteiger partial charge is 0.508 e. The van der Waals surface area contributed by atoms with E-state index in [9.17, 15) is 14.7 Å². The number of para-hydroxylation sites is 1. The highest BCUT2D eigenvalue weighted by atomic mass is 16.3. The van der Waals surface area contributed by atoms with Crippen molar-refractivity contribution >= 4 is 17.5 Å². The molecule has 0 aromatic heterocycles. The van der Waals surface area contributed by atoms with Crippen LogP contribution in [0.15, 0.2) is 48.5 Å². The number of carbonyl (C=O) groups is 2. The van der Waals surface area contributed by atoms with Gasteiger partial charge in [-0.2, -0.15) is 0 Å². The van der Waals surface area contributed by atoms with Gasteiger partial charge in [-0.05, 0) is 36.2 Å². The van der Waals surface area contributed by atoms with Crippen LogP contribution < -0.4 is 10.7 Å². The molecule has 1 heterocycles. The summed E-state index contributed by atoms with van der Waals surface area (Å²) in [5, 5.41) is 14.2. The average molecular weight is 381 g/mol. The van der Waals surface area contributed by atoms with Gasteiger partial charge in [-0.1, -0.05) is 56.9 Å². The van der Waals surface area contributed by atoms with Gasteiger partial charge in [-0.25, -0.2) is 5.01 Å². The number of hydrogen-bond acceptors (Lipinski definition) is 4. The molecule has 0 aliphatic carbocycles. The molecule has 0 saturated heterocycles. The lowest BCUT2D eigenvalue weighted by atomic mass is 10.0. The summed E-state index contributed by atoms with van der Waals surface area (Å²) in [6.45, 7) is 2.16. The number of phenolic OH excluding ortho intramolecular Hbond substituents is 1. The van der Waals surface area contributed by atoms with Crippen molar-refractivity contribution in [2.45, 2.75) is 51.6 Å². The summed E-state index contributed by atoms with van der Waals surface area (Å²) in [4.78, 5) is 25.5. The van der Waals surface area contributed by atoms with Gasteiger partial charge in [0.1, 0.15) is 11.9 Å². The minimum Gasteiger partial charge on any atom is -0.508 e. The standard InChI is InChI=1S/C22H27N3O3/c1-2-3-4-5-6-11-20(27)24-25-21(16-12-14-17(26)15-13-16)23-19-10-8-7-9-18(19)22(25)28/h7-10,12-15,21,23,26H,2-6,11H2,1H3,(H,24,27). The Labute approximate surface area is 165 Å². The lowest BCUT2D eigenvalue weighted by molar-refractivity contribution is -0.125. The zero-order chi connectivity index (χ0) is 19.9. The van der Waals surface area contributed by atoms with E-state index >= 15 is 0 Å². The molecule has 1 unspecified atom stereocenters. The molecule has 3 rings (SSSR count). The highest BCUT2D eigenvalue weighted by molar-refractivity contribution is 6.02. The molecule has 1 aliphatic heterocycles. The number of aromatic hydroxyl groups is 1. The molecule has 2 amide bonds. The highest BCUT2D eigenvalue weighted by Gasteiger charge is 2.34. The van der Waals surface area contributed by atoms with E-state index in [0.29, 0.717) is 12.0 Å². The van der Waals surface area contributed by atoms with Crippen molar-refractivity contribution in [3.05, 3.63) is 59.7 Å². The topological polar surface area (TPSA) is 81.7 Å². The molecule has 148 valence electrons. The summed E-state index contributed by atoms with van der Waals surface area (Å²) in [5.41, 5.74) is 4.78. The third-order valence-electron chi connectivity index (χ3n) is 4.89. The van der Waals surface area contributed by atoms with Crippen LogP contribution in [0.25, 0.3) is 0 Å². The van der Waals surface area contributed by atoms with Crippen LogP contribution in [0, 0.1) is 0 Å². The molecule has 0 fully saturated rings. The van der Waals surface area contributed by atoms with E-state index in [1.165, 1.54) is 11.4 Å². The third kappa shape index (κ3) is 4.63. The second-order valence-corrected chi connectivity index (χ2v) is 7.06. The number of anilines is 1. The van der Waals surface area contributed by atoms with E-state index in [2.05, 4.69) is 17.7 Å². The van der Waals surface area contributed by atoms with E-state index in [0.717, 1.165) is 36.9 Å². The molecule has 1 atom stereocenters. The van der Waals surface area contributed by atoms with E-state index in [4.69, 9.17) is 0 Å². The van der Waals surface area contributed by atoms with Crippen LogP contribution in [0.3, 0.4) is 0 Å². The molecule has 2 aromatic carbocycles. The number of carbonyl (C=O) groups excluding carboxylic acids is 2. The Morgan fingerprint density at radius 3 is 2.54 bits per heavy atom. The van der Waals surface area contributed by atoms with Crippen LogP contribution in [0.4, 0.5) is 5.69 Å². The molecule has 6 nitrogen and oxygen atoms in total. The molecular weight excluding hydrogens is 354 g/mol. The zero-order valence-corrected chi connectivity index (χ0v) is 16.1. The van der Waals surface area contributed by atoms with Gasteiger partial charge >= 0.3 is 0 Å². The molecule has 3 N–H and O–H groups in total. The molecule has 6 heteroatoms. The summed E-state index contributed by atoms with van der Waals surface area (Å²) in [5.74, 6) is -0.282. The maximum Gasteiger partial charge on any atom is 0.276 e. The van der Waals surface area contributed by atoms with Gasteiger partial charge in [0.15, 0.2) is 0 Å². The maximum atomic E-state index is 13.0. The molecule has 2 aromatic rings. The normalized spacial score (nSPS) is 15.7. The highest BCUT2D eigenvalue weighted by Crippen LogP contribution is 2.32. The van der Waals surface area contributed by atoms with Gasteiger partial charge in [0.2, 0.25) is 5.91 Å². The second-order valence-electron chi connectivity index (χ2n) is 7.06. The van der Waals surface area contributed by atoms with Crippen molar-refractivity contribution in [2.75, 3.05) is 5.32 Å². The smallest absolute Gasteiger partial charge is 0.276 e. The number of amides is 2. The van der Waals surface area contributed by atoms with Crippen molar-refractivity contribution in [1.82, 2.24) is 10.4 Å². The van der Waals surface area contributed by atoms with E-state index in [-0.39, 0.29) is 17.6 Å². The SMILES string of the molecule is CCCCCCCC(=O)NN1C(=O)c2ccccc2NC1c1ccc(O)cc1. The number of nitrogens with one attached hydrogen (secondary N) is 2. The molecule has 0 bridgehead atoms. The minimum absolute atomic E-state index is 0.147. The Morgan fingerprint density at radius 1 is 1.07 bits per heavy atom. The maximum absolute atomic E-state index is 13.0. The fourth-order valence-electron chi connectivity index (χ4n) is 3.34. The lowest BCUT2D eigenvalue weighted by Crippen LogP contribution is -2.52. The molecular formula is C22H27N3O3. The van der Waals surface area contributed by atoms with Crippen LogP contribution >= 0.6 is 0 Å². The molecule has 0 spiro atoms. The Balaban J connectivity index is 1.76. The van der Waals surface area contributed by atoms with Gasteiger partial charge in [0.05, 0.1) is 5.56 Å². The Morgan fingerprint density at radius 2 is 1.79 bits per heavy atom. The van der Waals surface area contributed by atoms with Gasteiger partial charge in [0, 0.05) is 12.1 Å². The summed E-state index contributed by atoms with van der Waals surface area (Å²) in [6, 6.07) is 13.8. The quantitative estimate of drug-likeness (QED) is 0.594. The van der Waals surface area contributed by atoms with Crippen LogP contribution in [-0.4, -0.2) is 21.9 Å². The summed E-state index contributed by atoms with van der Waals surface area (Å²) in [6.07, 6.45) is 5.12. The van der Waals surface area contributed by atoms with Crippen molar-refractivity contribution < 1.29 is 14.7 Å². The summed E-state index contributed by atoms with van der Waals surface area (Å²) in [7, 11) is 0. The third-order valence-corrected chi connectivity index (χ3v) is 4.89. The summed E-state index contributed by atoms with van der Waals surface area (Å²) < 4.78 is 0. The van der Waals surface area contributed by atoms with Crippen LogP contribution in [0.5, 0.6) is 5.75 Å². The van der Waals surface area contributed by atoms with E-state index in [1.54, 1.807) is 36.4 Å². The lowest BCUT2D eigenvalue weighted by Gasteiger charge is -2.37. The predicted molar refractivity (Wildman–Crippen MR) is 109 cm³/mol. The zero-order valence-electron chi connectivity index (χ0n) is 16.1. The number of phenols is 1. The Kier molecular flexibility index (Phi) is 6.53. The van der Waals surface area contributed by atoms with Crippen molar-refractivity contribution in [1.29, 1.82) is 0 Å². The Bertz CT molecular complexity index is 820. The number of hydrazine groups is 1. The van der Waals surface area contributed by atoms with E-state index in [1.807, 2.05) is 12.1 Å². The van der Waals surface area contributed by atoms with Gasteiger partial charge in [0.25, 0.3) is 5.91 Å². The molecule has 0 radical (unpaired) electrons. The van der Waals surface area contributed by atoms with E-state index < -0.39 is 6.17 Å². The second kappa shape index (κ2) is 9.26. The minimum atomic E-state index is -0.549. The number of fused-ring (bicyclic) bond motifs is 1. The first kappa shape index (κ1) is 19.7. The van der Waals surface area contributed by atoms with Gasteiger partial charge < -0.3 is 10.4 Å². The first-order chi connectivity index (χ1) is 13.6. The van der Waals surface area contributed by atoms with Crippen molar-refractivity contribution in [3.63, 3.8) is 0 Å². The van der Waals surface area contributed by atoms with Crippen LogP contribution in [0.2, 0.25) is 0 Å². The van der Waals surface area contributed by atoms with Gasteiger partial charge in [-0.15, -0.1) is 0 Å². The predicted octanol–water partition coefficient (Wildman–Crippen LogP) is 4.35. The molecule has 28 heavy (non-hydrogen) atoms. The first-order valence-corrected chi connectivity index (χ1v) is 9.87.